The van der Waals surface area contributed by atoms with Gasteiger partial charge in [0.25, 0.3) is 0 Å². The molecule has 0 aliphatic heterocycles. The van der Waals surface area contributed by atoms with Crippen molar-refractivity contribution in [1.82, 2.24) is 0 Å². The van der Waals surface area contributed by atoms with E-state index in [0.717, 1.165) is 18.4 Å². The van der Waals surface area contributed by atoms with E-state index in [1.165, 1.54) is 0 Å². The highest BCUT2D eigenvalue weighted by Gasteiger charge is 2.46. The average molecular weight is 205 g/mol. The number of benzene rings is 1. The fraction of sp³-hybridized carbons (Fsp3) is 0.417. The molecule has 3 heteroatoms. The normalized spacial score (nSPS) is 17.0. The van der Waals surface area contributed by atoms with Crippen molar-refractivity contribution in [2.75, 3.05) is 0 Å². The minimum Gasteiger partial charge on any atom is -0.211 e. The van der Waals surface area contributed by atoms with Crippen LogP contribution in [0.2, 0.25) is 0 Å². The lowest BCUT2D eigenvalue weighted by Crippen LogP contribution is -2.07. The Morgan fingerprint density at radius 3 is 2.60 bits per heavy atom. The molecule has 0 amide bonds. The molecule has 0 heterocycles. The van der Waals surface area contributed by atoms with Gasteiger partial charge in [0.05, 0.1) is 5.54 Å². The van der Waals surface area contributed by atoms with Crippen LogP contribution in [0.4, 0.5) is 4.39 Å². The number of aryl methyl sites for hydroxylation is 1. The maximum atomic E-state index is 13.6. The first kappa shape index (κ1) is 10.1. The Morgan fingerprint density at radius 2 is 2.07 bits per heavy atom. The Bertz CT molecular complexity index is 457. The van der Waals surface area contributed by atoms with Crippen molar-refractivity contribution in [2.24, 2.45) is 4.99 Å². The van der Waals surface area contributed by atoms with Gasteiger partial charge in [-0.1, -0.05) is 12.1 Å². The van der Waals surface area contributed by atoms with Crippen LogP contribution in [0.3, 0.4) is 0 Å². The number of isocyanates is 1. The van der Waals surface area contributed by atoms with Crippen LogP contribution in [0.15, 0.2) is 17.1 Å². The molecule has 0 spiro atoms. The van der Waals surface area contributed by atoms with Gasteiger partial charge >= 0.3 is 0 Å². The zero-order valence-corrected chi connectivity index (χ0v) is 8.80. The molecule has 2 rings (SSSR count). The lowest BCUT2D eigenvalue weighted by Gasteiger charge is -2.13. The summed E-state index contributed by atoms with van der Waals surface area (Å²) in [6, 6.07) is 3.60. The molecule has 1 saturated carbocycles. The standard InChI is InChI=1S/C12H12FNO/c1-8-3-4-10(9(2)11(8)13)12(5-6-12)14-7-15/h3-4H,5-6H2,1-2H3. The van der Waals surface area contributed by atoms with Crippen molar-refractivity contribution in [2.45, 2.75) is 32.2 Å². The molecule has 0 bridgehead atoms. The van der Waals surface area contributed by atoms with E-state index in [9.17, 15) is 9.18 Å². The van der Waals surface area contributed by atoms with E-state index in [0.29, 0.717) is 11.1 Å². The van der Waals surface area contributed by atoms with E-state index < -0.39 is 5.54 Å². The van der Waals surface area contributed by atoms with Gasteiger partial charge in [-0.15, -0.1) is 0 Å². The van der Waals surface area contributed by atoms with Gasteiger partial charge < -0.3 is 0 Å². The molecular formula is C12H12FNO. The third-order valence-corrected chi connectivity index (χ3v) is 3.06. The summed E-state index contributed by atoms with van der Waals surface area (Å²) < 4.78 is 13.6. The van der Waals surface area contributed by atoms with Gasteiger partial charge in [0.1, 0.15) is 5.82 Å². The topological polar surface area (TPSA) is 29.4 Å². The smallest absolute Gasteiger partial charge is 0.211 e. The van der Waals surface area contributed by atoms with Gasteiger partial charge in [0, 0.05) is 0 Å². The molecule has 1 aromatic carbocycles. The molecule has 1 fully saturated rings. The number of aliphatic imine (C=N–C) groups is 1. The van der Waals surface area contributed by atoms with Gasteiger partial charge in [-0.2, -0.15) is 4.99 Å². The predicted molar refractivity (Wildman–Crippen MR) is 54.9 cm³/mol. The van der Waals surface area contributed by atoms with E-state index >= 15 is 0 Å². The number of carbonyl (C=O) groups excluding carboxylic acids is 1. The fourth-order valence-electron chi connectivity index (χ4n) is 1.97. The van der Waals surface area contributed by atoms with Gasteiger partial charge in [0.2, 0.25) is 6.08 Å². The third kappa shape index (κ3) is 1.49. The van der Waals surface area contributed by atoms with Crippen LogP contribution in [0.25, 0.3) is 0 Å². The summed E-state index contributed by atoms with van der Waals surface area (Å²) in [5.74, 6) is -0.195. The SMILES string of the molecule is Cc1ccc(C2(N=C=O)CC2)c(C)c1F. The Labute approximate surface area is 87.8 Å². The zero-order chi connectivity index (χ0) is 11.1. The maximum absolute atomic E-state index is 13.6. The molecule has 0 radical (unpaired) electrons. The van der Waals surface area contributed by atoms with Crippen LogP contribution < -0.4 is 0 Å². The van der Waals surface area contributed by atoms with E-state index in [-0.39, 0.29) is 5.82 Å². The summed E-state index contributed by atoms with van der Waals surface area (Å²) in [5.41, 5.74) is 1.59. The van der Waals surface area contributed by atoms with E-state index in [1.54, 1.807) is 26.0 Å². The van der Waals surface area contributed by atoms with Crippen LogP contribution in [0.1, 0.15) is 29.5 Å². The van der Waals surface area contributed by atoms with Gasteiger partial charge in [-0.05, 0) is 43.4 Å². The Balaban J connectivity index is 2.55. The van der Waals surface area contributed by atoms with E-state index in [2.05, 4.69) is 4.99 Å². The summed E-state index contributed by atoms with van der Waals surface area (Å²) >= 11 is 0. The van der Waals surface area contributed by atoms with Crippen LogP contribution in [-0.4, -0.2) is 6.08 Å². The largest absolute Gasteiger partial charge is 0.235 e. The van der Waals surface area contributed by atoms with Crippen molar-refractivity contribution >= 4 is 6.08 Å². The molecule has 0 unspecified atom stereocenters. The van der Waals surface area contributed by atoms with E-state index in [4.69, 9.17) is 0 Å². The third-order valence-electron chi connectivity index (χ3n) is 3.06. The lowest BCUT2D eigenvalue weighted by molar-refractivity contribution is 0.554. The van der Waals surface area contributed by atoms with Crippen molar-refractivity contribution in [1.29, 1.82) is 0 Å². The number of hydrogen-bond donors (Lipinski definition) is 0. The maximum Gasteiger partial charge on any atom is 0.235 e. The summed E-state index contributed by atoms with van der Waals surface area (Å²) in [4.78, 5) is 14.1. The second kappa shape index (κ2) is 3.28. The highest BCUT2D eigenvalue weighted by atomic mass is 19.1. The monoisotopic (exact) mass is 205 g/mol. The number of nitrogens with zero attached hydrogens (tertiary/aromatic N) is 1. The first-order valence-corrected chi connectivity index (χ1v) is 4.96. The van der Waals surface area contributed by atoms with Gasteiger partial charge in [0.15, 0.2) is 0 Å². The first-order chi connectivity index (χ1) is 7.10. The molecule has 0 aromatic heterocycles. The predicted octanol–water partition coefficient (Wildman–Crippen LogP) is 2.77. The van der Waals surface area contributed by atoms with Gasteiger partial charge in [-0.25, -0.2) is 9.18 Å². The summed E-state index contributed by atoms with van der Waals surface area (Å²) in [5, 5.41) is 0. The Hall–Kier alpha value is -1.47. The van der Waals surface area contributed by atoms with Crippen LogP contribution in [0.5, 0.6) is 0 Å². The molecule has 15 heavy (non-hydrogen) atoms. The van der Waals surface area contributed by atoms with Crippen LogP contribution >= 0.6 is 0 Å². The Morgan fingerprint density at radius 1 is 1.40 bits per heavy atom. The highest BCUT2D eigenvalue weighted by Crippen LogP contribution is 2.50. The second-order valence-corrected chi connectivity index (χ2v) is 4.10. The zero-order valence-electron chi connectivity index (χ0n) is 8.80. The molecule has 0 atom stereocenters. The number of rotatable bonds is 2. The second-order valence-electron chi connectivity index (χ2n) is 4.10. The highest BCUT2D eigenvalue weighted by molar-refractivity contribution is 5.45. The summed E-state index contributed by atoms with van der Waals surface area (Å²) in [7, 11) is 0. The van der Waals surface area contributed by atoms with Gasteiger partial charge in [-0.3, -0.25) is 0 Å². The van der Waals surface area contributed by atoms with Crippen molar-refractivity contribution in [3.63, 3.8) is 0 Å². The molecule has 2 nitrogen and oxygen atoms in total. The van der Waals surface area contributed by atoms with Crippen LogP contribution in [0, 0.1) is 19.7 Å². The quantitative estimate of drug-likeness (QED) is 0.539. The minimum absolute atomic E-state index is 0.195. The summed E-state index contributed by atoms with van der Waals surface area (Å²) in [6.07, 6.45) is 3.20. The lowest BCUT2D eigenvalue weighted by atomic mass is 9.97. The van der Waals surface area contributed by atoms with Crippen LogP contribution in [-0.2, 0) is 10.3 Å². The molecule has 1 aliphatic carbocycles. The summed E-state index contributed by atoms with van der Waals surface area (Å²) in [6.45, 7) is 3.47. The molecule has 0 saturated heterocycles. The molecule has 1 aromatic rings. The van der Waals surface area contributed by atoms with Crippen molar-refractivity contribution < 1.29 is 9.18 Å². The van der Waals surface area contributed by atoms with Crippen molar-refractivity contribution in [3.8, 4) is 0 Å². The molecule has 0 N–H and O–H groups in total. The number of hydrogen-bond acceptors (Lipinski definition) is 2. The van der Waals surface area contributed by atoms with E-state index in [1.807, 2.05) is 6.07 Å². The molecular weight excluding hydrogens is 193 g/mol. The fourth-order valence-corrected chi connectivity index (χ4v) is 1.97. The first-order valence-electron chi connectivity index (χ1n) is 4.96. The number of halogens is 1. The minimum atomic E-state index is -0.472. The Kier molecular flexibility index (Phi) is 2.20. The van der Waals surface area contributed by atoms with Crippen molar-refractivity contribution in [3.05, 3.63) is 34.6 Å². The molecule has 1 aliphatic rings. The molecule has 78 valence electrons. The average Bonchev–Trinajstić information content (AvgIpc) is 2.96.